The van der Waals surface area contributed by atoms with Gasteiger partial charge in [-0.25, -0.2) is 0 Å². The van der Waals surface area contributed by atoms with Crippen LogP contribution in [0.25, 0.3) is 76.8 Å². The fraction of sp³-hybridized carbons (Fsp3) is 0.385. The zero-order chi connectivity index (χ0) is 74.5. The van der Waals surface area contributed by atoms with E-state index in [1.165, 1.54) is 240 Å². The van der Waals surface area contributed by atoms with Crippen molar-refractivity contribution < 1.29 is 0 Å². The van der Waals surface area contributed by atoms with E-state index in [0.29, 0.717) is 0 Å². The molecule has 546 valence electrons. The molecule has 4 saturated carbocycles. The van der Waals surface area contributed by atoms with Crippen LogP contribution in [0.3, 0.4) is 0 Å². The first-order valence-electron chi connectivity index (χ1n) is 41.7. The highest BCUT2D eigenvalue weighted by molar-refractivity contribution is 6.32. The maximum absolute atomic E-state index is 2.81. The van der Waals surface area contributed by atoms with Crippen LogP contribution in [0, 0.1) is 55.4 Å². The van der Waals surface area contributed by atoms with Crippen molar-refractivity contribution in [2.24, 2.45) is 0 Å². The molecule has 20 rings (SSSR count). The summed E-state index contributed by atoms with van der Waals surface area (Å²) >= 11 is 0. The maximum Gasteiger partial charge on any atom is 0.0518 e. The molecule has 0 radical (unpaired) electrons. The van der Waals surface area contributed by atoms with Crippen LogP contribution < -0.4 is 19.6 Å². The van der Waals surface area contributed by atoms with E-state index in [1.54, 1.807) is 0 Å². The van der Waals surface area contributed by atoms with E-state index in [4.69, 9.17) is 0 Å². The summed E-state index contributed by atoms with van der Waals surface area (Å²) in [7, 11) is 0. The highest BCUT2D eigenvalue weighted by Crippen LogP contribution is 2.69. The average Bonchev–Trinajstić information content (AvgIpc) is 1.64. The average molecular weight is 1420 g/mol. The highest BCUT2D eigenvalue weighted by atomic mass is 15.3. The Hall–Kier alpha value is -9.12. The van der Waals surface area contributed by atoms with Crippen LogP contribution in [0.2, 0.25) is 0 Å². The Kier molecular flexibility index (Phi) is 14.7. The number of nitrogens with zero attached hydrogens (tertiary/aromatic N) is 4. The third kappa shape index (κ3) is 8.44. The summed E-state index contributed by atoms with van der Waals surface area (Å²) < 4.78 is 0. The van der Waals surface area contributed by atoms with Gasteiger partial charge in [-0.15, -0.1) is 0 Å². The molecule has 0 N–H and O–H groups in total. The van der Waals surface area contributed by atoms with Gasteiger partial charge in [0.1, 0.15) is 0 Å². The molecule has 0 spiro atoms. The van der Waals surface area contributed by atoms with E-state index >= 15 is 0 Å². The van der Waals surface area contributed by atoms with Crippen molar-refractivity contribution in [2.45, 2.75) is 257 Å². The number of hydrogen-bond acceptors (Lipinski definition) is 4. The molecular formula is C104H110N4. The van der Waals surface area contributed by atoms with Gasteiger partial charge in [0.2, 0.25) is 0 Å². The predicted molar refractivity (Wildman–Crippen MR) is 461 cm³/mol. The molecule has 12 aromatic carbocycles. The summed E-state index contributed by atoms with van der Waals surface area (Å²) in [4.78, 5) is 11.3. The van der Waals surface area contributed by atoms with Crippen molar-refractivity contribution in [2.75, 3.05) is 19.6 Å². The van der Waals surface area contributed by atoms with Gasteiger partial charge in [0.25, 0.3) is 0 Å². The van der Waals surface area contributed by atoms with E-state index < -0.39 is 0 Å². The van der Waals surface area contributed by atoms with Gasteiger partial charge in [-0.2, -0.15) is 0 Å². The van der Waals surface area contributed by atoms with E-state index in [9.17, 15) is 0 Å². The predicted octanol–water partition coefficient (Wildman–Crippen LogP) is 28.7. The first-order valence-corrected chi connectivity index (χ1v) is 41.7. The fourth-order valence-electron chi connectivity index (χ4n) is 25.5. The monoisotopic (exact) mass is 1410 g/mol. The number of hydrogen-bond donors (Lipinski definition) is 0. The summed E-state index contributed by atoms with van der Waals surface area (Å²) in [5.41, 5.74) is 38.4. The summed E-state index contributed by atoms with van der Waals surface area (Å²) in [5.74, 6) is 0. The number of para-hydroxylation sites is 4. The smallest absolute Gasteiger partial charge is 0.0518 e. The maximum atomic E-state index is 2.81. The van der Waals surface area contributed by atoms with Gasteiger partial charge in [0.15, 0.2) is 0 Å². The second kappa shape index (κ2) is 23.2. The molecule has 108 heavy (non-hydrogen) atoms. The van der Waals surface area contributed by atoms with Crippen LogP contribution in [-0.4, -0.2) is 22.2 Å². The Morgan fingerprint density at radius 2 is 0.407 bits per heavy atom. The summed E-state index contributed by atoms with van der Waals surface area (Å²) in [6.45, 7) is 40.9. The number of benzene rings is 12. The normalized spacial score (nSPS) is 27.4. The highest BCUT2D eigenvalue weighted by Gasteiger charge is 2.63. The molecular weight excluding hydrogens is 1310 g/mol. The largest absolute Gasteiger partial charge is 0.334 e. The van der Waals surface area contributed by atoms with E-state index in [-0.39, 0.29) is 43.8 Å². The molecule has 0 bridgehead atoms. The lowest BCUT2D eigenvalue weighted by Gasteiger charge is -2.50. The lowest BCUT2D eigenvalue weighted by molar-refractivity contribution is 0.195. The van der Waals surface area contributed by atoms with Crippen molar-refractivity contribution in [3.05, 3.63) is 249 Å². The van der Waals surface area contributed by atoms with Gasteiger partial charge in [-0.05, 0) is 363 Å². The number of rotatable bonds is 8. The molecule has 4 nitrogen and oxygen atoms in total. The Balaban J connectivity index is 0.929. The zero-order valence-electron chi connectivity index (χ0n) is 67.4. The van der Waals surface area contributed by atoms with Crippen molar-refractivity contribution in [1.82, 2.24) is 0 Å². The quantitative estimate of drug-likeness (QED) is 0.141. The molecule has 0 aromatic heterocycles. The number of fused-ring (bicyclic) bond motifs is 12. The minimum absolute atomic E-state index is 0.0767. The van der Waals surface area contributed by atoms with Crippen LogP contribution in [0.15, 0.2) is 182 Å². The molecule has 8 unspecified atom stereocenters. The Morgan fingerprint density at radius 1 is 0.213 bits per heavy atom. The lowest BCUT2D eigenvalue weighted by atomic mass is 9.61. The molecule has 8 aliphatic rings. The summed E-state index contributed by atoms with van der Waals surface area (Å²) in [5, 5.41) is 8.18. The third-order valence-electron chi connectivity index (χ3n) is 32.9. The van der Waals surface area contributed by atoms with Crippen molar-refractivity contribution in [3.8, 4) is 44.5 Å². The van der Waals surface area contributed by atoms with Crippen molar-refractivity contribution in [3.63, 3.8) is 0 Å². The first kappa shape index (κ1) is 68.2. The summed E-state index contributed by atoms with van der Waals surface area (Å²) in [6, 6.07) is 72.8. The van der Waals surface area contributed by atoms with Gasteiger partial charge < -0.3 is 19.6 Å². The zero-order valence-corrected chi connectivity index (χ0v) is 67.4. The van der Waals surface area contributed by atoms with Gasteiger partial charge in [-0.3, -0.25) is 0 Å². The molecule has 4 heterocycles. The third-order valence-corrected chi connectivity index (χ3v) is 32.9. The molecule has 0 saturated heterocycles. The van der Waals surface area contributed by atoms with Crippen LogP contribution in [0.5, 0.6) is 0 Å². The lowest BCUT2D eigenvalue weighted by Crippen LogP contribution is -2.54. The van der Waals surface area contributed by atoms with Crippen LogP contribution in [-0.2, 0) is 21.7 Å². The SMILES string of the molecule is Cc1c(-c2cc(-c3cc4c(c(C)c3C)N(c3ccccc3)C3(C)CCCCC43C)c3ccc4c(-c5cc6c(c(C)c5C)N(c5ccccc5)C5(C)CCCCC65C)cc(-c5cc6c(c(C)c5C)N(c5ccccc5)C5(C)CCCCC65C)c5ccc2c3c54)cc2c(c1C)N(c1ccccc1)C1(C)CCCCC21C. The van der Waals surface area contributed by atoms with E-state index in [1.807, 2.05) is 0 Å². The number of anilines is 8. The molecule has 4 aliphatic carbocycles. The Labute approximate surface area is 644 Å². The van der Waals surface area contributed by atoms with Gasteiger partial charge in [0, 0.05) is 67.2 Å². The van der Waals surface area contributed by atoms with E-state index in [0.717, 1.165) is 51.4 Å². The van der Waals surface area contributed by atoms with Crippen LogP contribution >= 0.6 is 0 Å². The fourth-order valence-corrected chi connectivity index (χ4v) is 25.5. The molecule has 4 fully saturated rings. The molecule has 4 aliphatic heterocycles. The van der Waals surface area contributed by atoms with E-state index in [2.05, 4.69) is 312 Å². The van der Waals surface area contributed by atoms with Crippen molar-refractivity contribution in [1.29, 1.82) is 0 Å². The second-order valence-electron chi connectivity index (χ2n) is 37.2. The molecule has 12 aromatic rings. The minimum Gasteiger partial charge on any atom is -0.334 e. The second-order valence-corrected chi connectivity index (χ2v) is 37.2. The molecule has 0 amide bonds. The summed E-state index contributed by atoms with van der Waals surface area (Å²) in [6.07, 6.45) is 19.2. The standard InChI is InChI=1S/C104H110N4/c1-63-67(5)93-87(97(9)49-29-33-53-101(97,13)105(93)71-37-21-17-22-38-71)59-79(63)83-57-84(80-60-88-94(68(6)64(80)2)106(72-39-23-18-24-40-72)102(14)54-34-30-50-98(88,102)10)76-47-48-78-86(82-62-90-96(70(8)66(82)4)108(74-43-27-20-28-44-74)104(16)56-36-32-52-100(90,104)12)58-85(77-46-45-75(83)91(76)92(77)78)81-61-89-95(69(7)65(81)3)107(73-41-25-19-26-42-73)103(15)55-35-31-51-99(89,103)11/h17-28,37-48,57-62H,29-36,49-56H2,1-16H3. The topological polar surface area (TPSA) is 13.0 Å². The van der Waals surface area contributed by atoms with Crippen LogP contribution in [0.4, 0.5) is 45.5 Å². The molecule has 4 heteroatoms. The van der Waals surface area contributed by atoms with Gasteiger partial charge >= 0.3 is 0 Å². The van der Waals surface area contributed by atoms with Crippen LogP contribution in [0.1, 0.15) is 225 Å². The first-order chi connectivity index (χ1) is 51.9. The van der Waals surface area contributed by atoms with Gasteiger partial charge in [-0.1, -0.05) is 176 Å². The Bertz CT molecular complexity index is 5090. The minimum atomic E-state index is -0.0936. The van der Waals surface area contributed by atoms with Crippen molar-refractivity contribution >= 4 is 77.8 Å². The Morgan fingerprint density at radius 3 is 0.611 bits per heavy atom. The molecule has 8 atom stereocenters. The van der Waals surface area contributed by atoms with Gasteiger partial charge in [0.05, 0.1) is 22.2 Å².